The minimum absolute atomic E-state index is 0.0183. The topological polar surface area (TPSA) is 145 Å². The highest BCUT2D eigenvalue weighted by molar-refractivity contribution is 5.83. The zero-order valence-electron chi connectivity index (χ0n) is 29.5. The number of rotatable bonds is 11. The molecule has 272 valence electrons. The van der Waals surface area contributed by atoms with E-state index in [-0.39, 0.29) is 17.4 Å². The molecule has 6 N–H and O–H groups in total. The van der Waals surface area contributed by atoms with Crippen LogP contribution in [0.15, 0.2) is 97.2 Å². The number of phenols is 2. The molecule has 9 heteroatoms. The zero-order valence-corrected chi connectivity index (χ0v) is 29.5. The molecule has 1 aliphatic carbocycles. The third kappa shape index (κ3) is 6.68. The molecule has 53 heavy (non-hydrogen) atoms. The lowest BCUT2D eigenvalue weighted by Gasteiger charge is -2.37. The summed E-state index contributed by atoms with van der Waals surface area (Å²) < 4.78 is 18.6. The molecule has 2 heterocycles. The quantitative estimate of drug-likeness (QED) is 0.0872. The van der Waals surface area contributed by atoms with Gasteiger partial charge in [0.2, 0.25) is 0 Å². The summed E-state index contributed by atoms with van der Waals surface area (Å²) in [5, 5.41) is 54.8. The summed E-state index contributed by atoms with van der Waals surface area (Å²) in [5.74, 6) is 1.49. The maximum atomic E-state index is 11.8. The van der Waals surface area contributed by atoms with Crippen LogP contribution in [-0.2, 0) is 32.1 Å². The number of aromatic hydroxyl groups is 2. The van der Waals surface area contributed by atoms with Crippen LogP contribution in [0.3, 0.4) is 0 Å². The maximum Gasteiger partial charge on any atom is 0.161 e. The van der Waals surface area contributed by atoms with Crippen molar-refractivity contribution < 1.29 is 39.7 Å². The van der Waals surface area contributed by atoms with Crippen molar-refractivity contribution in [3.05, 3.63) is 136 Å². The van der Waals surface area contributed by atoms with Crippen LogP contribution in [0, 0.1) is 0 Å². The largest absolute Gasteiger partial charge is 0.508 e. The molecule has 2 aliphatic rings. The summed E-state index contributed by atoms with van der Waals surface area (Å²) in [5.41, 5.74) is 9.19. The van der Waals surface area contributed by atoms with Gasteiger partial charge in [0.05, 0.1) is 26.4 Å². The molecule has 0 amide bonds. The molecule has 1 aromatic heterocycles. The Bertz CT molecular complexity index is 2260. The molecule has 9 nitrogen and oxygen atoms in total. The first kappa shape index (κ1) is 34.6. The molecule has 0 saturated carbocycles. The van der Waals surface area contributed by atoms with Gasteiger partial charge >= 0.3 is 0 Å². The summed E-state index contributed by atoms with van der Waals surface area (Å²) >= 11 is 0. The number of aromatic amines is 1. The Labute approximate surface area is 307 Å². The van der Waals surface area contributed by atoms with Crippen LogP contribution < -0.4 is 14.2 Å². The van der Waals surface area contributed by atoms with Crippen molar-refractivity contribution in [2.45, 2.75) is 56.3 Å². The van der Waals surface area contributed by atoms with E-state index in [9.17, 15) is 25.5 Å². The van der Waals surface area contributed by atoms with Gasteiger partial charge in [0.1, 0.15) is 29.5 Å². The predicted octanol–water partition coefficient (Wildman–Crippen LogP) is 6.69. The van der Waals surface area contributed by atoms with Crippen molar-refractivity contribution in [1.29, 1.82) is 0 Å². The standard InChI is InChI=1S/C44H43NO8/c1-51-41-19-30(17-28(43(41)50)9-7-25-5-3-2-4-6-25)44-38(49)21-35-36-18-29(16-26-8-12-37-27(15-26)13-14-45-37)34-20-31(48)10-11-33(34)42(36)40(22-39(35)53-44)52-32(23-46)24-47/h2-6,8,10-15,17,19-20,22,29,32,38,44-50H,7,9,16,18,21,23-24H2,1H3/t29-,38-,44-/m1/s1. The van der Waals surface area contributed by atoms with Crippen LogP contribution in [-0.4, -0.2) is 63.0 Å². The monoisotopic (exact) mass is 713 g/mol. The molecule has 0 fully saturated rings. The van der Waals surface area contributed by atoms with Crippen molar-refractivity contribution in [2.75, 3.05) is 20.3 Å². The van der Waals surface area contributed by atoms with Gasteiger partial charge in [0.25, 0.3) is 0 Å². The second kappa shape index (κ2) is 14.5. The summed E-state index contributed by atoms with van der Waals surface area (Å²) in [6.07, 6.45) is 2.20. The van der Waals surface area contributed by atoms with Crippen molar-refractivity contribution >= 4 is 10.9 Å². The lowest BCUT2D eigenvalue weighted by atomic mass is 9.73. The zero-order chi connectivity index (χ0) is 36.6. The first-order valence-electron chi connectivity index (χ1n) is 18.1. The molecule has 5 aromatic carbocycles. The molecule has 1 aliphatic heterocycles. The number of hydrogen-bond donors (Lipinski definition) is 6. The first-order valence-corrected chi connectivity index (χ1v) is 18.1. The second-order valence-electron chi connectivity index (χ2n) is 14.1. The number of phenolic OH excluding ortho intramolecular Hbond substituents is 2. The number of benzene rings is 5. The molecule has 8 rings (SSSR count). The summed E-state index contributed by atoms with van der Waals surface area (Å²) in [6.45, 7) is -0.785. The van der Waals surface area contributed by atoms with Gasteiger partial charge in [-0.05, 0) is 118 Å². The van der Waals surface area contributed by atoms with E-state index >= 15 is 0 Å². The molecule has 0 bridgehead atoms. The smallest absolute Gasteiger partial charge is 0.161 e. The Morgan fingerprint density at radius 3 is 2.45 bits per heavy atom. The lowest BCUT2D eigenvalue weighted by molar-refractivity contribution is 0.0195. The Kier molecular flexibility index (Phi) is 9.47. The van der Waals surface area contributed by atoms with E-state index in [0.29, 0.717) is 60.5 Å². The molecule has 0 saturated heterocycles. The second-order valence-corrected chi connectivity index (χ2v) is 14.1. The highest BCUT2D eigenvalue weighted by atomic mass is 16.5. The number of aliphatic hydroxyl groups is 3. The van der Waals surface area contributed by atoms with Crippen molar-refractivity contribution in [1.82, 2.24) is 4.98 Å². The van der Waals surface area contributed by atoms with Gasteiger partial charge in [-0.1, -0.05) is 42.5 Å². The molecule has 3 atom stereocenters. The molecular weight excluding hydrogens is 670 g/mol. The highest BCUT2D eigenvalue weighted by Crippen LogP contribution is 2.52. The number of methoxy groups -OCH3 is 1. The minimum atomic E-state index is -0.923. The van der Waals surface area contributed by atoms with Crippen molar-refractivity contribution in [2.24, 2.45) is 0 Å². The Hall–Kier alpha value is -5.48. The number of ether oxygens (including phenoxy) is 3. The third-order valence-electron chi connectivity index (χ3n) is 10.7. The molecular formula is C44H43NO8. The van der Waals surface area contributed by atoms with Gasteiger partial charge in [-0.25, -0.2) is 0 Å². The predicted molar refractivity (Wildman–Crippen MR) is 202 cm³/mol. The van der Waals surface area contributed by atoms with Crippen LogP contribution in [0.1, 0.15) is 51.0 Å². The van der Waals surface area contributed by atoms with Crippen LogP contribution in [0.5, 0.6) is 28.7 Å². The maximum absolute atomic E-state index is 11.8. The average Bonchev–Trinajstić information content (AvgIpc) is 3.65. The van der Waals surface area contributed by atoms with Crippen LogP contribution in [0.25, 0.3) is 22.0 Å². The van der Waals surface area contributed by atoms with Crippen LogP contribution in [0.4, 0.5) is 0 Å². The lowest BCUT2D eigenvalue weighted by Crippen LogP contribution is -2.32. The fourth-order valence-electron chi connectivity index (χ4n) is 8.09. The number of aliphatic hydroxyl groups excluding tert-OH is 3. The summed E-state index contributed by atoms with van der Waals surface area (Å²) in [7, 11) is 1.51. The highest BCUT2D eigenvalue weighted by Gasteiger charge is 2.38. The van der Waals surface area contributed by atoms with Gasteiger partial charge in [0.15, 0.2) is 11.5 Å². The SMILES string of the molecule is COc1cc([C@H]2Oc3cc(OC(CO)CO)c4c(c3C[C@H]2O)C[C@@H](Cc2ccc3[nH]ccc3c2)c2cc(O)ccc2-4)cc(CCc2ccccc2)c1O. The van der Waals surface area contributed by atoms with E-state index in [2.05, 4.69) is 29.2 Å². The van der Waals surface area contributed by atoms with E-state index in [1.807, 2.05) is 54.7 Å². The Morgan fingerprint density at radius 1 is 0.830 bits per heavy atom. The summed E-state index contributed by atoms with van der Waals surface area (Å²) in [4.78, 5) is 3.26. The van der Waals surface area contributed by atoms with Gasteiger partial charge in [-0.3, -0.25) is 0 Å². The van der Waals surface area contributed by atoms with E-state index in [1.165, 1.54) is 7.11 Å². The van der Waals surface area contributed by atoms with Gasteiger partial charge in [0, 0.05) is 35.3 Å². The van der Waals surface area contributed by atoms with Crippen molar-refractivity contribution in [3.8, 4) is 39.9 Å². The Morgan fingerprint density at radius 2 is 1.66 bits per heavy atom. The average molecular weight is 714 g/mol. The van der Waals surface area contributed by atoms with E-state index in [1.54, 1.807) is 18.2 Å². The number of H-pyrrole nitrogens is 1. The van der Waals surface area contributed by atoms with Gasteiger partial charge < -0.3 is 44.7 Å². The van der Waals surface area contributed by atoms with Gasteiger partial charge in [-0.15, -0.1) is 0 Å². The third-order valence-corrected chi connectivity index (χ3v) is 10.7. The van der Waals surface area contributed by atoms with E-state index in [4.69, 9.17) is 14.2 Å². The van der Waals surface area contributed by atoms with E-state index < -0.39 is 31.5 Å². The fourth-order valence-corrected chi connectivity index (χ4v) is 8.09. The van der Waals surface area contributed by atoms with Gasteiger partial charge in [-0.2, -0.15) is 0 Å². The van der Waals surface area contributed by atoms with E-state index in [0.717, 1.165) is 49.8 Å². The minimum Gasteiger partial charge on any atom is -0.508 e. The van der Waals surface area contributed by atoms with Crippen LogP contribution >= 0.6 is 0 Å². The molecule has 0 unspecified atom stereocenters. The molecule has 0 radical (unpaired) electrons. The number of aryl methyl sites for hydroxylation is 2. The molecule has 0 spiro atoms. The first-order chi connectivity index (χ1) is 25.8. The number of fused-ring (bicyclic) bond motifs is 6. The Balaban J connectivity index is 1.20. The fraction of sp³-hybridized carbons (Fsp3) is 0.273. The molecule has 6 aromatic rings. The number of aromatic nitrogens is 1. The summed E-state index contributed by atoms with van der Waals surface area (Å²) in [6, 6.07) is 29.2. The number of nitrogens with one attached hydrogen (secondary N) is 1. The van der Waals surface area contributed by atoms with Crippen LogP contribution in [0.2, 0.25) is 0 Å². The number of hydrogen-bond acceptors (Lipinski definition) is 8. The van der Waals surface area contributed by atoms with Crippen molar-refractivity contribution in [3.63, 3.8) is 0 Å². The normalized spacial score (nSPS) is 17.6.